The molecule has 0 bridgehead atoms. The second-order valence-electron chi connectivity index (χ2n) is 2.90. The van der Waals surface area contributed by atoms with Crippen LogP contribution in [0.3, 0.4) is 0 Å². The van der Waals surface area contributed by atoms with E-state index < -0.39 is 0 Å². The second-order valence-corrected chi connectivity index (χ2v) is 2.90. The molecule has 0 aliphatic heterocycles. The van der Waals surface area contributed by atoms with Crippen LogP contribution in [0.4, 0.5) is 0 Å². The summed E-state index contributed by atoms with van der Waals surface area (Å²) >= 11 is 0. The summed E-state index contributed by atoms with van der Waals surface area (Å²) in [6.45, 7) is 5.50. The topological polar surface area (TPSA) is 66.5 Å². The molecule has 0 aliphatic rings. The number of carbonyl (C=O) groups excluding carboxylic acids is 3. The first kappa shape index (κ1) is 12.3. The van der Waals surface area contributed by atoms with Crippen molar-refractivity contribution in [1.82, 2.24) is 10.2 Å². The van der Waals surface area contributed by atoms with Crippen LogP contribution in [-0.4, -0.2) is 22.6 Å². The van der Waals surface area contributed by atoms with Crippen LogP contribution in [0.15, 0.2) is 11.9 Å². The van der Waals surface area contributed by atoms with Gasteiger partial charge in [-0.25, -0.2) is 0 Å². The van der Waals surface area contributed by atoms with E-state index in [0.717, 1.165) is 4.90 Å². The van der Waals surface area contributed by atoms with Crippen molar-refractivity contribution in [2.24, 2.45) is 0 Å². The van der Waals surface area contributed by atoms with Crippen LogP contribution < -0.4 is 5.32 Å². The number of hydrogen-bond donors (Lipinski definition) is 1. The molecule has 0 atom stereocenters. The third kappa shape index (κ3) is 4.39. The molecule has 0 saturated carbocycles. The summed E-state index contributed by atoms with van der Waals surface area (Å²) in [5.74, 6) is -1.02. The Bertz CT molecular complexity index is 280. The summed E-state index contributed by atoms with van der Waals surface area (Å²) < 4.78 is 0. The first-order chi connectivity index (χ1) is 6.34. The summed E-state index contributed by atoms with van der Waals surface area (Å²) in [4.78, 5) is 33.5. The molecule has 0 unspecified atom stereocenters. The molecule has 14 heavy (non-hydrogen) atoms. The van der Waals surface area contributed by atoms with Crippen molar-refractivity contribution in [1.29, 1.82) is 0 Å². The molecule has 0 aromatic rings. The third-order valence-corrected chi connectivity index (χ3v) is 1.37. The zero-order valence-corrected chi connectivity index (χ0v) is 8.75. The molecule has 0 spiro atoms. The minimum atomic E-state index is -0.387. The zero-order chi connectivity index (χ0) is 11.3. The highest BCUT2D eigenvalue weighted by molar-refractivity contribution is 5.94. The molecule has 5 heteroatoms. The molecule has 0 radical (unpaired) electrons. The number of rotatable bonds is 2. The Morgan fingerprint density at radius 2 is 1.43 bits per heavy atom. The van der Waals surface area contributed by atoms with Gasteiger partial charge in [0.05, 0.1) is 0 Å². The molecule has 78 valence electrons. The lowest BCUT2D eigenvalue weighted by Gasteiger charge is -2.13. The van der Waals surface area contributed by atoms with Gasteiger partial charge in [0.2, 0.25) is 17.7 Å². The molecule has 5 nitrogen and oxygen atoms in total. The maximum atomic E-state index is 11.0. The number of nitrogens with zero attached hydrogens (tertiary/aromatic N) is 1. The van der Waals surface area contributed by atoms with Gasteiger partial charge in [-0.3, -0.25) is 19.3 Å². The van der Waals surface area contributed by atoms with E-state index in [0.29, 0.717) is 5.70 Å². The van der Waals surface area contributed by atoms with E-state index in [2.05, 4.69) is 5.32 Å². The van der Waals surface area contributed by atoms with Gasteiger partial charge >= 0.3 is 0 Å². The quantitative estimate of drug-likeness (QED) is 0.697. The standard InChI is InChI=1S/C9H14N2O3/c1-6(10-7(2)12)5-11(8(3)13)9(4)14/h5H,1-4H3,(H,10,12)/b6-5+. The van der Waals surface area contributed by atoms with Gasteiger partial charge in [-0.15, -0.1) is 0 Å². The Hall–Kier alpha value is -1.65. The first-order valence-corrected chi connectivity index (χ1v) is 4.11. The van der Waals surface area contributed by atoms with Crippen LogP contribution >= 0.6 is 0 Å². The van der Waals surface area contributed by atoms with Crippen molar-refractivity contribution >= 4 is 17.7 Å². The normalized spacial score (nSPS) is 10.7. The summed E-state index contributed by atoms with van der Waals surface area (Å²) in [7, 11) is 0. The number of amides is 3. The number of carbonyl (C=O) groups is 3. The van der Waals surface area contributed by atoms with Crippen molar-refractivity contribution < 1.29 is 14.4 Å². The average molecular weight is 198 g/mol. The predicted octanol–water partition coefficient (Wildman–Crippen LogP) is 0.379. The van der Waals surface area contributed by atoms with Gasteiger partial charge in [0, 0.05) is 32.7 Å². The van der Waals surface area contributed by atoms with E-state index >= 15 is 0 Å². The van der Waals surface area contributed by atoms with Crippen LogP contribution in [0.1, 0.15) is 27.7 Å². The van der Waals surface area contributed by atoms with E-state index in [1.165, 1.54) is 27.0 Å². The molecular formula is C9H14N2O3. The Morgan fingerprint density at radius 1 is 1.00 bits per heavy atom. The summed E-state index contributed by atoms with van der Waals surface area (Å²) in [6, 6.07) is 0. The molecule has 0 rings (SSSR count). The fourth-order valence-electron chi connectivity index (χ4n) is 0.907. The summed E-state index contributed by atoms with van der Waals surface area (Å²) in [5.41, 5.74) is 0.447. The van der Waals surface area contributed by atoms with Gasteiger partial charge in [0.25, 0.3) is 0 Å². The van der Waals surface area contributed by atoms with E-state index in [9.17, 15) is 14.4 Å². The molecule has 0 fully saturated rings. The van der Waals surface area contributed by atoms with Crippen LogP contribution in [0.2, 0.25) is 0 Å². The van der Waals surface area contributed by atoms with Crippen molar-refractivity contribution in [3.63, 3.8) is 0 Å². The van der Waals surface area contributed by atoms with Crippen molar-refractivity contribution in [2.45, 2.75) is 27.7 Å². The highest BCUT2D eigenvalue weighted by atomic mass is 16.2. The third-order valence-electron chi connectivity index (χ3n) is 1.37. The van der Waals surface area contributed by atoms with E-state index in [1.54, 1.807) is 6.92 Å². The second kappa shape index (κ2) is 5.16. The fourth-order valence-corrected chi connectivity index (χ4v) is 0.907. The number of hydrogen-bond acceptors (Lipinski definition) is 3. The molecule has 0 saturated heterocycles. The summed E-state index contributed by atoms with van der Waals surface area (Å²) in [6.07, 6.45) is 1.30. The van der Waals surface area contributed by atoms with E-state index in [1.807, 2.05) is 0 Å². The Balaban J connectivity index is 4.64. The molecule has 0 aromatic heterocycles. The summed E-state index contributed by atoms with van der Waals surface area (Å²) in [5, 5.41) is 2.46. The van der Waals surface area contributed by atoms with Crippen LogP contribution in [0, 0.1) is 0 Å². The fraction of sp³-hybridized carbons (Fsp3) is 0.444. The predicted molar refractivity (Wildman–Crippen MR) is 50.8 cm³/mol. The number of allylic oxidation sites excluding steroid dienone is 1. The molecule has 0 heterocycles. The lowest BCUT2D eigenvalue weighted by atomic mass is 10.4. The Morgan fingerprint density at radius 3 is 1.71 bits per heavy atom. The van der Waals surface area contributed by atoms with Gasteiger partial charge in [-0.05, 0) is 6.92 Å². The molecule has 0 aliphatic carbocycles. The monoisotopic (exact) mass is 198 g/mol. The van der Waals surface area contributed by atoms with Crippen LogP contribution in [-0.2, 0) is 14.4 Å². The van der Waals surface area contributed by atoms with Gasteiger partial charge in [-0.1, -0.05) is 0 Å². The first-order valence-electron chi connectivity index (χ1n) is 4.11. The lowest BCUT2D eigenvalue weighted by molar-refractivity contribution is -0.138. The Labute approximate surface area is 82.8 Å². The molecule has 3 amide bonds. The average Bonchev–Trinajstić information content (AvgIpc) is 1.97. The van der Waals surface area contributed by atoms with Crippen molar-refractivity contribution in [3.8, 4) is 0 Å². The van der Waals surface area contributed by atoms with Crippen LogP contribution in [0.5, 0.6) is 0 Å². The molecular weight excluding hydrogens is 184 g/mol. The van der Waals surface area contributed by atoms with Crippen LogP contribution in [0.25, 0.3) is 0 Å². The SMILES string of the molecule is CC(=O)N/C(C)=C/N(C(C)=O)C(C)=O. The highest BCUT2D eigenvalue weighted by Gasteiger charge is 2.10. The van der Waals surface area contributed by atoms with Gasteiger partial charge in [0.1, 0.15) is 0 Å². The smallest absolute Gasteiger partial charge is 0.230 e. The highest BCUT2D eigenvalue weighted by Crippen LogP contribution is 1.96. The van der Waals surface area contributed by atoms with E-state index in [-0.39, 0.29) is 17.7 Å². The molecule has 1 N–H and O–H groups in total. The maximum absolute atomic E-state index is 11.0. The Kier molecular flexibility index (Phi) is 4.55. The minimum Gasteiger partial charge on any atom is -0.329 e. The number of imide groups is 1. The van der Waals surface area contributed by atoms with E-state index in [4.69, 9.17) is 0 Å². The largest absolute Gasteiger partial charge is 0.329 e. The number of nitrogens with one attached hydrogen (secondary N) is 1. The van der Waals surface area contributed by atoms with Gasteiger partial charge in [0.15, 0.2) is 0 Å². The molecule has 0 aromatic carbocycles. The van der Waals surface area contributed by atoms with Crippen molar-refractivity contribution in [3.05, 3.63) is 11.9 Å². The lowest BCUT2D eigenvalue weighted by Crippen LogP contribution is -2.30. The van der Waals surface area contributed by atoms with Gasteiger partial charge in [-0.2, -0.15) is 0 Å². The van der Waals surface area contributed by atoms with Gasteiger partial charge < -0.3 is 5.32 Å². The zero-order valence-electron chi connectivity index (χ0n) is 8.75. The van der Waals surface area contributed by atoms with Crippen molar-refractivity contribution in [2.75, 3.05) is 0 Å². The minimum absolute atomic E-state index is 0.245. The maximum Gasteiger partial charge on any atom is 0.230 e.